The van der Waals surface area contributed by atoms with E-state index in [1.54, 1.807) is 13.8 Å². The van der Waals surface area contributed by atoms with Crippen LogP contribution in [-0.2, 0) is 9.59 Å². The Morgan fingerprint density at radius 3 is 2.25 bits per heavy atom. The van der Waals surface area contributed by atoms with Gasteiger partial charge in [-0.3, -0.25) is 14.4 Å². The number of nitrogens with one attached hydrogen (secondary N) is 1. The van der Waals surface area contributed by atoms with Gasteiger partial charge in [0.1, 0.15) is 5.82 Å². The standard InChI is InChI=1S/C16H19ClFN3O3/c1-10(2)19-14(22)16(24)21-8-6-20(7-9-21)15(23)13-11(17)4-3-5-12(13)18/h3-5,10H,6-9H2,1-2H3,(H,19,22). The fraction of sp³-hybridized carbons (Fsp3) is 0.438. The molecule has 0 unspecified atom stereocenters. The molecule has 1 aromatic carbocycles. The molecule has 1 aromatic rings. The van der Waals surface area contributed by atoms with Gasteiger partial charge in [0, 0.05) is 32.2 Å². The third kappa shape index (κ3) is 4.03. The first-order valence-corrected chi connectivity index (χ1v) is 8.02. The molecule has 130 valence electrons. The summed E-state index contributed by atoms with van der Waals surface area (Å²) >= 11 is 5.91. The van der Waals surface area contributed by atoms with Crippen molar-refractivity contribution in [1.82, 2.24) is 15.1 Å². The maximum Gasteiger partial charge on any atom is 0.312 e. The first-order chi connectivity index (χ1) is 11.3. The molecule has 1 aliphatic heterocycles. The van der Waals surface area contributed by atoms with Crippen LogP contribution in [0.2, 0.25) is 5.02 Å². The van der Waals surface area contributed by atoms with E-state index >= 15 is 0 Å². The van der Waals surface area contributed by atoms with E-state index in [2.05, 4.69) is 5.32 Å². The number of carbonyl (C=O) groups excluding carboxylic acids is 3. The summed E-state index contributed by atoms with van der Waals surface area (Å²) in [5, 5.41) is 2.59. The van der Waals surface area contributed by atoms with Gasteiger partial charge in [-0.25, -0.2) is 4.39 Å². The first kappa shape index (κ1) is 18.2. The molecule has 1 heterocycles. The summed E-state index contributed by atoms with van der Waals surface area (Å²) in [6.45, 7) is 4.37. The summed E-state index contributed by atoms with van der Waals surface area (Å²) in [4.78, 5) is 39.0. The lowest BCUT2D eigenvalue weighted by Crippen LogP contribution is -2.54. The van der Waals surface area contributed by atoms with Crippen molar-refractivity contribution in [3.63, 3.8) is 0 Å². The van der Waals surface area contributed by atoms with Crippen LogP contribution in [0.5, 0.6) is 0 Å². The van der Waals surface area contributed by atoms with Crippen LogP contribution < -0.4 is 5.32 Å². The van der Waals surface area contributed by atoms with Crippen molar-refractivity contribution in [1.29, 1.82) is 0 Å². The van der Waals surface area contributed by atoms with E-state index in [-0.39, 0.29) is 42.8 Å². The highest BCUT2D eigenvalue weighted by atomic mass is 35.5. The number of hydrogen-bond acceptors (Lipinski definition) is 3. The topological polar surface area (TPSA) is 69.7 Å². The summed E-state index contributed by atoms with van der Waals surface area (Å²) in [5.41, 5.74) is -0.170. The van der Waals surface area contributed by atoms with Crippen molar-refractivity contribution in [3.8, 4) is 0 Å². The molecule has 0 bridgehead atoms. The second kappa shape index (κ2) is 7.61. The van der Waals surface area contributed by atoms with Crippen LogP contribution >= 0.6 is 11.6 Å². The van der Waals surface area contributed by atoms with Crippen molar-refractivity contribution < 1.29 is 18.8 Å². The largest absolute Gasteiger partial charge is 0.346 e. The number of amides is 3. The molecule has 8 heteroatoms. The lowest BCUT2D eigenvalue weighted by atomic mass is 10.1. The molecule has 1 N–H and O–H groups in total. The average molecular weight is 356 g/mol. The van der Waals surface area contributed by atoms with Gasteiger partial charge in [-0.15, -0.1) is 0 Å². The zero-order chi connectivity index (χ0) is 17.9. The zero-order valence-corrected chi connectivity index (χ0v) is 14.3. The van der Waals surface area contributed by atoms with Gasteiger partial charge in [0.05, 0.1) is 10.6 Å². The molecule has 2 rings (SSSR count). The molecule has 0 radical (unpaired) electrons. The molecule has 0 aromatic heterocycles. The molecular formula is C16H19ClFN3O3. The monoisotopic (exact) mass is 355 g/mol. The van der Waals surface area contributed by atoms with Crippen LogP contribution in [0.25, 0.3) is 0 Å². The second-order valence-corrected chi connectivity index (χ2v) is 6.22. The smallest absolute Gasteiger partial charge is 0.312 e. The van der Waals surface area contributed by atoms with Crippen LogP contribution in [0.4, 0.5) is 4.39 Å². The lowest BCUT2D eigenvalue weighted by molar-refractivity contribution is -0.147. The fourth-order valence-corrected chi connectivity index (χ4v) is 2.68. The average Bonchev–Trinajstić information content (AvgIpc) is 2.53. The van der Waals surface area contributed by atoms with Gasteiger partial charge in [-0.1, -0.05) is 17.7 Å². The molecule has 1 fully saturated rings. The molecular weight excluding hydrogens is 337 g/mol. The maximum absolute atomic E-state index is 13.8. The van der Waals surface area contributed by atoms with Crippen LogP contribution in [0, 0.1) is 5.82 Å². The minimum absolute atomic E-state index is 0.0508. The van der Waals surface area contributed by atoms with Crippen molar-refractivity contribution in [3.05, 3.63) is 34.6 Å². The van der Waals surface area contributed by atoms with Crippen molar-refractivity contribution in [2.24, 2.45) is 0 Å². The second-order valence-electron chi connectivity index (χ2n) is 5.81. The normalized spacial score (nSPS) is 14.7. The van der Waals surface area contributed by atoms with Crippen LogP contribution in [0.15, 0.2) is 18.2 Å². The van der Waals surface area contributed by atoms with Gasteiger partial charge >= 0.3 is 11.8 Å². The third-order valence-electron chi connectivity index (χ3n) is 3.64. The van der Waals surface area contributed by atoms with Gasteiger partial charge in [-0.2, -0.15) is 0 Å². The van der Waals surface area contributed by atoms with E-state index in [1.165, 1.54) is 28.0 Å². The molecule has 24 heavy (non-hydrogen) atoms. The van der Waals surface area contributed by atoms with Gasteiger partial charge in [-0.05, 0) is 26.0 Å². The van der Waals surface area contributed by atoms with Crippen LogP contribution in [-0.4, -0.2) is 59.7 Å². The molecule has 0 aliphatic carbocycles. The summed E-state index contributed by atoms with van der Waals surface area (Å²) in [5.74, 6) is -2.49. The molecule has 0 atom stereocenters. The van der Waals surface area contributed by atoms with Crippen LogP contribution in [0.3, 0.4) is 0 Å². The summed E-state index contributed by atoms with van der Waals surface area (Å²) < 4.78 is 13.8. The Kier molecular flexibility index (Phi) is 5.77. The number of benzene rings is 1. The number of hydrogen-bond donors (Lipinski definition) is 1. The molecule has 6 nitrogen and oxygen atoms in total. The van der Waals surface area contributed by atoms with E-state index in [4.69, 9.17) is 11.6 Å². The number of rotatable bonds is 2. The Balaban J connectivity index is 1.99. The van der Waals surface area contributed by atoms with E-state index < -0.39 is 23.5 Å². The van der Waals surface area contributed by atoms with Crippen molar-refractivity contribution in [2.75, 3.05) is 26.2 Å². The highest BCUT2D eigenvalue weighted by Gasteiger charge is 2.30. The third-order valence-corrected chi connectivity index (χ3v) is 3.96. The number of halogens is 2. The Bertz CT molecular complexity index is 638. The molecule has 1 aliphatic rings. The minimum Gasteiger partial charge on any atom is -0.346 e. The van der Waals surface area contributed by atoms with E-state index in [0.29, 0.717) is 0 Å². The lowest BCUT2D eigenvalue weighted by Gasteiger charge is -2.34. The summed E-state index contributed by atoms with van der Waals surface area (Å²) in [6, 6.07) is 3.93. The molecule has 0 saturated carbocycles. The van der Waals surface area contributed by atoms with Gasteiger partial charge in [0.25, 0.3) is 5.91 Å². The Morgan fingerprint density at radius 1 is 1.12 bits per heavy atom. The van der Waals surface area contributed by atoms with Crippen molar-refractivity contribution in [2.45, 2.75) is 19.9 Å². The SMILES string of the molecule is CC(C)NC(=O)C(=O)N1CCN(C(=O)c2c(F)cccc2Cl)CC1. The molecule has 1 saturated heterocycles. The highest BCUT2D eigenvalue weighted by Crippen LogP contribution is 2.21. The number of carbonyl (C=O) groups is 3. The summed E-state index contributed by atoms with van der Waals surface area (Å²) in [7, 11) is 0. The molecule has 3 amide bonds. The van der Waals surface area contributed by atoms with Gasteiger partial charge in [0.2, 0.25) is 0 Å². The van der Waals surface area contributed by atoms with Gasteiger partial charge < -0.3 is 15.1 Å². The highest BCUT2D eigenvalue weighted by molar-refractivity contribution is 6.35. The number of piperazine rings is 1. The predicted molar refractivity (Wildman–Crippen MR) is 87.2 cm³/mol. The Hall–Kier alpha value is -2.15. The van der Waals surface area contributed by atoms with E-state index in [0.717, 1.165) is 0 Å². The van der Waals surface area contributed by atoms with Crippen molar-refractivity contribution >= 4 is 29.3 Å². The van der Waals surface area contributed by atoms with Crippen LogP contribution in [0.1, 0.15) is 24.2 Å². The van der Waals surface area contributed by atoms with E-state index in [1.807, 2.05) is 0 Å². The zero-order valence-electron chi connectivity index (χ0n) is 13.5. The number of nitrogens with zero attached hydrogens (tertiary/aromatic N) is 2. The predicted octanol–water partition coefficient (Wildman–Crippen LogP) is 1.29. The van der Waals surface area contributed by atoms with Gasteiger partial charge in [0.15, 0.2) is 0 Å². The molecule has 0 spiro atoms. The minimum atomic E-state index is -0.678. The Labute approximate surface area is 144 Å². The maximum atomic E-state index is 13.8. The quantitative estimate of drug-likeness (QED) is 0.813. The van der Waals surface area contributed by atoms with E-state index in [9.17, 15) is 18.8 Å². The summed E-state index contributed by atoms with van der Waals surface area (Å²) in [6.07, 6.45) is 0. The Morgan fingerprint density at radius 2 is 1.71 bits per heavy atom. The first-order valence-electron chi connectivity index (χ1n) is 7.64. The fourth-order valence-electron chi connectivity index (χ4n) is 2.44.